The van der Waals surface area contributed by atoms with Gasteiger partial charge in [0.1, 0.15) is 5.82 Å². The van der Waals surface area contributed by atoms with Crippen LogP contribution in [0.4, 0.5) is 9.52 Å². The van der Waals surface area contributed by atoms with Gasteiger partial charge in [0, 0.05) is 9.77 Å². The van der Waals surface area contributed by atoms with E-state index >= 15 is 0 Å². The Morgan fingerprint density at radius 3 is 3.00 bits per heavy atom. The molecule has 0 unspecified atom stereocenters. The van der Waals surface area contributed by atoms with Gasteiger partial charge in [0.2, 0.25) is 5.91 Å². The van der Waals surface area contributed by atoms with Gasteiger partial charge in [-0.2, -0.15) is 0 Å². The van der Waals surface area contributed by atoms with E-state index in [1.807, 2.05) is 0 Å². The predicted molar refractivity (Wildman–Crippen MR) is 89.1 cm³/mol. The summed E-state index contributed by atoms with van der Waals surface area (Å²) in [5.41, 5.74) is 1.14. The monoisotopic (exact) mass is 336 g/mol. The number of thioether (sulfide) groups is 1. The standard InChI is InChI=1S/C16H17FN2OS2/c1-10-2-7-13-14(8-10)22-16(18-13)19-15(20)9-21-12-5-3-11(17)4-6-12/h3-6,10H,2,7-9H2,1H3,(H,18,19,20)/t10-/m0/s1. The predicted octanol–water partition coefficient (Wildman–Crippen LogP) is 4.14. The summed E-state index contributed by atoms with van der Waals surface area (Å²) in [5.74, 6) is 0.655. The maximum absolute atomic E-state index is 12.8. The van der Waals surface area contributed by atoms with Crippen molar-refractivity contribution in [2.45, 2.75) is 31.1 Å². The zero-order chi connectivity index (χ0) is 15.5. The molecule has 1 N–H and O–H groups in total. The second-order valence-electron chi connectivity index (χ2n) is 5.53. The molecule has 1 aliphatic rings. The number of carbonyl (C=O) groups is 1. The maximum atomic E-state index is 12.8. The van der Waals surface area contributed by atoms with Crippen LogP contribution in [-0.2, 0) is 17.6 Å². The Labute approximate surface area is 137 Å². The second-order valence-corrected chi connectivity index (χ2v) is 7.66. The summed E-state index contributed by atoms with van der Waals surface area (Å²) in [7, 11) is 0. The van der Waals surface area contributed by atoms with Gasteiger partial charge in [0.05, 0.1) is 11.4 Å². The molecule has 0 fully saturated rings. The zero-order valence-electron chi connectivity index (χ0n) is 12.3. The average Bonchev–Trinajstić information content (AvgIpc) is 2.88. The van der Waals surface area contributed by atoms with E-state index in [2.05, 4.69) is 17.2 Å². The minimum Gasteiger partial charge on any atom is -0.301 e. The Morgan fingerprint density at radius 2 is 2.23 bits per heavy atom. The van der Waals surface area contributed by atoms with E-state index in [-0.39, 0.29) is 11.7 Å². The van der Waals surface area contributed by atoms with Crippen molar-refractivity contribution in [1.29, 1.82) is 0 Å². The zero-order valence-corrected chi connectivity index (χ0v) is 13.9. The quantitative estimate of drug-likeness (QED) is 0.853. The summed E-state index contributed by atoms with van der Waals surface area (Å²) < 4.78 is 12.8. The lowest BCUT2D eigenvalue weighted by atomic mass is 9.93. The van der Waals surface area contributed by atoms with E-state index in [9.17, 15) is 9.18 Å². The molecule has 116 valence electrons. The minimum atomic E-state index is -0.267. The Morgan fingerprint density at radius 1 is 1.45 bits per heavy atom. The summed E-state index contributed by atoms with van der Waals surface area (Å²) in [4.78, 5) is 18.7. The van der Waals surface area contributed by atoms with E-state index in [0.717, 1.165) is 23.4 Å². The Bertz CT molecular complexity index is 669. The number of benzene rings is 1. The highest BCUT2D eigenvalue weighted by atomic mass is 32.2. The number of hydrogen-bond acceptors (Lipinski definition) is 4. The van der Waals surface area contributed by atoms with Crippen LogP contribution in [-0.4, -0.2) is 16.6 Å². The number of aromatic nitrogens is 1. The molecule has 1 atom stereocenters. The van der Waals surface area contributed by atoms with Gasteiger partial charge in [0.15, 0.2) is 5.13 Å². The normalized spacial score (nSPS) is 17.1. The van der Waals surface area contributed by atoms with Crippen LogP contribution in [0.25, 0.3) is 0 Å². The molecule has 2 aromatic rings. The van der Waals surface area contributed by atoms with Crippen LogP contribution in [0.5, 0.6) is 0 Å². The summed E-state index contributed by atoms with van der Waals surface area (Å²) in [6.45, 7) is 2.25. The molecule has 0 saturated carbocycles. The third-order valence-corrected chi connectivity index (χ3v) is 5.66. The molecule has 1 heterocycles. The summed E-state index contributed by atoms with van der Waals surface area (Å²) >= 11 is 2.98. The molecule has 3 nitrogen and oxygen atoms in total. The van der Waals surface area contributed by atoms with Crippen LogP contribution in [0.2, 0.25) is 0 Å². The van der Waals surface area contributed by atoms with Crippen molar-refractivity contribution in [1.82, 2.24) is 4.98 Å². The number of nitrogens with zero attached hydrogens (tertiary/aromatic N) is 1. The molecule has 6 heteroatoms. The van der Waals surface area contributed by atoms with Crippen molar-refractivity contribution >= 4 is 34.1 Å². The maximum Gasteiger partial charge on any atom is 0.236 e. The molecule has 0 radical (unpaired) electrons. The smallest absolute Gasteiger partial charge is 0.236 e. The number of carbonyl (C=O) groups excluding carboxylic acids is 1. The van der Waals surface area contributed by atoms with Gasteiger partial charge in [-0.25, -0.2) is 9.37 Å². The highest BCUT2D eigenvalue weighted by Gasteiger charge is 2.20. The molecule has 1 aliphatic carbocycles. The summed E-state index contributed by atoms with van der Waals surface area (Å²) in [6.07, 6.45) is 3.24. The number of rotatable bonds is 4. The number of nitrogens with one attached hydrogen (secondary N) is 1. The van der Waals surface area contributed by atoms with Crippen LogP contribution in [0.3, 0.4) is 0 Å². The van der Waals surface area contributed by atoms with Gasteiger partial charge < -0.3 is 5.32 Å². The number of thiazole rings is 1. The summed E-state index contributed by atoms with van der Waals surface area (Å²) in [6, 6.07) is 6.15. The van der Waals surface area contributed by atoms with E-state index in [1.54, 1.807) is 23.5 Å². The van der Waals surface area contributed by atoms with Crippen LogP contribution < -0.4 is 5.32 Å². The lowest BCUT2D eigenvalue weighted by Crippen LogP contribution is -2.14. The highest BCUT2D eigenvalue weighted by Crippen LogP contribution is 2.32. The fourth-order valence-corrected chi connectivity index (χ4v) is 4.31. The first-order valence-electron chi connectivity index (χ1n) is 7.27. The molecule has 1 amide bonds. The number of anilines is 1. The van der Waals surface area contributed by atoms with Crippen LogP contribution in [0.1, 0.15) is 23.9 Å². The van der Waals surface area contributed by atoms with Crippen molar-refractivity contribution < 1.29 is 9.18 Å². The number of hydrogen-bond donors (Lipinski definition) is 1. The SMILES string of the molecule is C[C@H]1CCc2nc(NC(=O)CSc3ccc(F)cc3)sc2C1. The summed E-state index contributed by atoms with van der Waals surface area (Å²) in [5, 5.41) is 3.57. The Balaban J connectivity index is 1.54. The fraction of sp³-hybridized carbons (Fsp3) is 0.375. The number of fused-ring (bicyclic) bond motifs is 1. The van der Waals surface area contributed by atoms with E-state index in [4.69, 9.17) is 0 Å². The molecule has 22 heavy (non-hydrogen) atoms. The Hall–Kier alpha value is -1.40. The van der Waals surface area contributed by atoms with Crippen LogP contribution in [0, 0.1) is 11.7 Å². The molecule has 0 aliphatic heterocycles. The number of amides is 1. The lowest BCUT2D eigenvalue weighted by Gasteiger charge is -2.15. The first-order chi connectivity index (χ1) is 10.6. The lowest BCUT2D eigenvalue weighted by molar-refractivity contribution is -0.113. The molecule has 1 aromatic carbocycles. The molecule has 3 rings (SSSR count). The van der Waals surface area contributed by atoms with E-state index in [1.165, 1.54) is 35.2 Å². The molecular weight excluding hydrogens is 319 g/mol. The third kappa shape index (κ3) is 3.87. The second kappa shape index (κ2) is 6.79. The highest BCUT2D eigenvalue weighted by molar-refractivity contribution is 8.00. The number of aryl methyl sites for hydroxylation is 1. The largest absolute Gasteiger partial charge is 0.301 e. The molecule has 0 bridgehead atoms. The fourth-order valence-electron chi connectivity index (χ4n) is 2.43. The van der Waals surface area contributed by atoms with Crippen molar-refractivity contribution in [3.05, 3.63) is 40.7 Å². The van der Waals surface area contributed by atoms with Gasteiger partial charge in [-0.15, -0.1) is 23.1 Å². The molecule has 0 spiro atoms. The first kappa shape index (κ1) is 15.5. The van der Waals surface area contributed by atoms with Crippen molar-refractivity contribution in [2.24, 2.45) is 5.92 Å². The van der Waals surface area contributed by atoms with Crippen LogP contribution >= 0.6 is 23.1 Å². The Kier molecular flexibility index (Phi) is 4.78. The van der Waals surface area contributed by atoms with Gasteiger partial charge >= 0.3 is 0 Å². The topological polar surface area (TPSA) is 42.0 Å². The van der Waals surface area contributed by atoms with Gasteiger partial charge in [-0.05, 0) is 49.4 Å². The molecular formula is C16H17FN2OS2. The minimum absolute atomic E-state index is 0.0755. The van der Waals surface area contributed by atoms with Crippen molar-refractivity contribution in [3.63, 3.8) is 0 Å². The van der Waals surface area contributed by atoms with E-state index < -0.39 is 0 Å². The van der Waals surface area contributed by atoms with Gasteiger partial charge in [-0.1, -0.05) is 6.92 Å². The van der Waals surface area contributed by atoms with Crippen LogP contribution in [0.15, 0.2) is 29.2 Å². The molecule has 0 saturated heterocycles. The van der Waals surface area contributed by atoms with Gasteiger partial charge in [0.25, 0.3) is 0 Å². The first-order valence-corrected chi connectivity index (χ1v) is 9.07. The van der Waals surface area contributed by atoms with Crippen molar-refractivity contribution in [3.8, 4) is 0 Å². The van der Waals surface area contributed by atoms with Crippen molar-refractivity contribution in [2.75, 3.05) is 11.1 Å². The van der Waals surface area contributed by atoms with E-state index in [0.29, 0.717) is 16.8 Å². The molecule has 1 aromatic heterocycles. The average molecular weight is 336 g/mol. The number of halogens is 1. The third-order valence-electron chi connectivity index (χ3n) is 3.62. The van der Waals surface area contributed by atoms with Gasteiger partial charge in [-0.3, -0.25) is 4.79 Å².